The highest BCUT2D eigenvalue weighted by Gasteiger charge is 2.10. The monoisotopic (exact) mass is 458 g/mol. The maximum atomic E-state index is 5.82. The molecule has 31 heavy (non-hydrogen) atoms. The van der Waals surface area contributed by atoms with Gasteiger partial charge in [-0.25, -0.2) is 4.98 Å². The predicted octanol–water partition coefficient (Wildman–Crippen LogP) is 4.39. The Balaban J connectivity index is 1.17. The first-order valence-electron chi connectivity index (χ1n) is 10.8. The van der Waals surface area contributed by atoms with Gasteiger partial charge in [0.1, 0.15) is 0 Å². The molecule has 4 rings (SSSR count). The van der Waals surface area contributed by atoms with E-state index in [-0.39, 0.29) is 0 Å². The number of aromatic amines is 1. The third-order valence-electron chi connectivity index (χ3n) is 5.32. The Morgan fingerprint density at radius 3 is 2.87 bits per heavy atom. The molecule has 1 saturated heterocycles. The van der Waals surface area contributed by atoms with Crippen molar-refractivity contribution in [1.29, 1.82) is 0 Å². The van der Waals surface area contributed by atoms with Crippen LogP contribution < -0.4 is 0 Å². The van der Waals surface area contributed by atoms with E-state index >= 15 is 0 Å². The summed E-state index contributed by atoms with van der Waals surface area (Å²) in [6.07, 6.45) is 2.97. The highest BCUT2D eigenvalue weighted by molar-refractivity contribution is 7.99. The average molecular weight is 459 g/mol. The molecule has 1 aliphatic rings. The molecule has 0 unspecified atom stereocenters. The molecule has 2 aromatic heterocycles. The lowest BCUT2D eigenvalue weighted by Gasteiger charge is -2.26. The minimum absolute atomic E-state index is 0.808. The fourth-order valence-electron chi connectivity index (χ4n) is 3.46. The molecule has 0 spiro atoms. The largest absolute Gasteiger partial charge is 0.380 e. The molecule has 1 aromatic carbocycles. The maximum Gasteiger partial charge on any atom is 0.166 e. The minimum Gasteiger partial charge on any atom is -0.380 e. The fraction of sp³-hybridized carbons (Fsp3) is 0.478. The zero-order valence-corrected chi connectivity index (χ0v) is 19.6. The van der Waals surface area contributed by atoms with Crippen molar-refractivity contribution in [2.45, 2.75) is 29.1 Å². The van der Waals surface area contributed by atoms with Crippen LogP contribution in [0.5, 0.6) is 0 Å². The molecule has 0 atom stereocenters. The number of pyridine rings is 1. The minimum atomic E-state index is 0.808. The number of hydrogen-bond donors (Lipinski definition) is 1. The first kappa shape index (κ1) is 22.6. The standard InChI is InChI=1S/C23H30N4O2S2/c1-18-21(17-31-23-25-19-5-2-3-6-20(19)26-23)24-8-7-22(18)30-16-4-12-28-13-9-27-10-14-29-15-11-27/h2-3,5-8H,4,9-17H2,1H3,(H,25,26). The average Bonchev–Trinajstić information content (AvgIpc) is 3.22. The van der Waals surface area contributed by atoms with Gasteiger partial charge in [0.15, 0.2) is 5.16 Å². The van der Waals surface area contributed by atoms with Crippen LogP contribution in [0.25, 0.3) is 11.0 Å². The number of ether oxygens (including phenoxy) is 2. The quantitative estimate of drug-likeness (QED) is 0.338. The predicted molar refractivity (Wildman–Crippen MR) is 128 cm³/mol. The SMILES string of the molecule is Cc1c(SCCCOCCN2CCOCC2)ccnc1CSc1nc2ccccc2[nH]1. The molecule has 3 heterocycles. The van der Waals surface area contributed by atoms with Crippen LogP contribution >= 0.6 is 23.5 Å². The van der Waals surface area contributed by atoms with Gasteiger partial charge in [-0.3, -0.25) is 9.88 Å². The lowest BCUT2D eigenvalue weighted by Crippen LogP contribution is -2.38. The Kier molecular flexibility index (Phi) is 8.66. The summed E-state index contributed by atoms with van der Waals surface area (Å²) < 4.78 is 11.2. The zero-order chi connectivity index (χ0) is 21.3. The van der Waals surface area contributed by atoms with Crippen LogP contribution in [0, 0.1) is 6.92 Å². The number of fused-ring (bicyclic) bond motifs is 1. The van der Waals surface area contributed by atoms with E-state index in [1.54, 1.807) is 11.8 Å². The molecule has 0 amide bonds. The summed E-state index contributed by atoms with van der Waals surface area (Å²) in [5, 5.41) is 0.940. The van der Waals surface area contributed by atoms with Crippen LogP contribution in [0.15, 0.2) is 46.6 Å². The summed E-state index contributed by atoms with van der Waals surface area (Å²) in [5.41, 5.74) is 4.47. The third kappa shape index (κ3) is 6.70. The Bertz CT molecular complexity index is 927. The molecule has 8 heteroatoms. The van der Waals surface area contributed by atoms with Crippen molar-refractivity contribution in [2.75, 3.05) is 51.8 Å². The third-order valence-corrected chi connectivity index (χ3v) is 7.45. The van der Waals surface area contributed by atoms with Crippen molar-refractivity contribution >= 4 is 34.6 Å². The fourth-order valence-corrected chi connectivity index (χ4v) is 5.34. The number of imidazole rings is 1. The van der Waals surface area contributed by atoms with Crippen LogP contribution in [0.1, 0.15) is 17.7 Å². The van der Waals surface area contributed by atoms with E-state index in [1.165, 1.54) is 10.5 Å². The van der Waals surface area contributed by atoms with Gasteiger partial charge in [-0.1, -0.05) is 23.9 Å². The van der Waals surface area contributed by atoms with Gasteiger partial charge >= 0.3 is 0 Å². The summed E-state index contributed by atoms with van der Waals surface area (Å²) in [6.45, 7) is 8.55. The molecule has 0 aliphatic carbocycles. The zero-order valence-electron chi connectivity index (χ0n) is 18.0. The molecule has 0 saturated carbocycles. The summed E-state index contributed by atoms with van der Waals surface area (Å²) in [5.74, 6) is 1.86. The molecule has 166 valence electrons. The smallest absolute Gasteiger partial charge is 0.166 e. The molecule has 1 aliphatic heterocycles. The van der Waals surface area contributed by atoms with E-state index in [4.69, 9.17) is 9.47 Å². The first-order chi connectivity index (χ1) is 15.3. The number of nitrogens with one attached hydrogen (secondary N) is 1. The maximum absolute atomic E-state index is 5.82. The van der Waals surface area contributed by atoms with Crippen molar-refractivity contribution in [3.63, 3.8) is 0 Å². The number of aromatic nitrogens is 3. The Morgan fingerprint density at radius 2 is 2.00 bits per heavy atom. The second-order valence-corrected chi connectivity index (χ2v) is 9.60. The van der Waals surface area contributed by atoms with Gasteiger partial charge in [-0.2, -0.15) is 0 Å². The Labute approximate surface area is 192 Å². The van der Waals surface area contributed by atoms with Crippen LogP contribution in [0.4, 0.5) is 0 Å². The highest BCUT2D eigenvalue weighted by Crippen LogP contribution is 2.28. The number of rotatable bonds is 11. The first-order valence-corrected chi connectivity index (χ1v) is 12.8. The van der Waals surface area contributed by atoms with Crippen molar-refractivity contribution in [2.24, 2.45) is 0 Å². The number of hydrogen-bond acceptors (Lipinski definition) is 7. The van der Waals surface area contributed by atoms with Gasteiger partial charge in [0, 0.05) is 48.8 Å². The van der Waals surface area contributed by atoms with Gasteiger partial charge < -0.3 is 14.5 Å². The van der Waals surface area contributed by atoms with Gasteiger partial charge in [-0.05, 0) is 37.1 Å². The van der Waals surface area contributed by atoms with E-state index in [1.807, 2.05) is 36.2 Å². The molecule has 0 radical (unpaired) electrons. The van der Waals surface area contributed by atoms with E-state index < -0.39 is 0 Å². The van der Waals surface area contributed by atoms with Crippen molar-refractivity contribution < 1.29 is 9.47 Å². The lowest BCUT2D eigenvalue weighted by molar-refractivity contribution is 0.0206. The van der Waals surface area contributed by atoms with Crippen LogP contribution in [0.2, 0.25) is 0 Å². The molecule has 3 aromatic rings. The van der Waals surface area contributed by atoms with Crippen molar-refractivity contribution in [1.82, 2.24) is 19.9 Å². The second kappa shape index (κ2) is 11.9. The lowest BCUT2D eigenvalue weighted by atomic mass is 10.2. The molecule has 0 bridgehead atoms. The highest BCUT2D eigenvalue weighted by atomic mass is 32.2. The van der Waals surface area contributed by atoms with Crippen LogP contribution in [0.3, 0.4) is 0 Å². The number of thioether (sulfide) groups is 2. The number of morpholine rings is 1. The molecule has 1 fully saturated rings. The Hall–Kier alpha value is -1.58. The van der Waals surface area contributed by atoms with Gasteiger partial charge in [0.05, 0.1) is 36.5 Å². The number of para-hydroxylation sites is 2. The summed E-state index contributed by atoms with van der Waals surface area (Å²) in [7, 11) is 0. The van der Waals surface area contributed by atoms with Crippen LogP contribution in [-0.2, 0) is 15.2 Å². The number of benzene rings is 1. The topological polar surface area (TPSA) is 63.3 Å². The summed E-state index contributed by atoms with van der Waals surface area (Å²) in [4.78, 5) is 16.3. The van der Waals surface area contributed by atoms with E-state index in [2.05, 4.69) is 38.9 Å². The Morgan fingerprint density at radius 1 is 1.13 bits per heavy atom. The van der Waals surface area contributed by atoms with Crippen LogP contribution in [-0.4, -0.2) is 71.7 Å². The molecular formula is C23H30N4O2S2. The summed E-state index contributed by atoms with van der Waals surface area (Å²) in [6, 6.07) is 10.2. The van der Waals surface area contributed by atoms with Gasteiger partial charge in [0.25, 0.3) is 0 Å². The number of H-pyrrole nitrogens is 1. The van der Waals surface area contributed by atoms with Gasteiger partial charge in [-0.15, -0.1) is 11.8 Å². The normalized spacial score (nSPS) is 15.0. The van der Waals surface area contributed by atoms with E-state index in [0.29, 0.717) is 0 Å². The molecule has 1 N–H and O–H groups in total. The van der Waals surface area contributed by atoms with Crippen molar-refractivity contribution in [3.8, 4) is 0 Å². The van der Waals surface area contributed by atoms with Crippen molar-refractivity contribution in [3.05, 3.63) is 47.8 Å². The number of nitrogens with zero attached hydrogens (tertiary/aromatic N) is 3. The molecule has 6 nitrogen and oxygen atoms in total. The summed E-state index contributed by atoms with van der Waals surface area (Å²) >= 11 is 3.59. The molecular weight excluding hydrogens is 428 g/mol. The van der Waals surface area contributed by atoms with E-state index in [0.717, 1.165) is 85.9 Å². The van der Waals surface area contributed by atoms with Gasteiger partial charge in [0.2, 0.25) is 0 Å². The van der Waals surface area contributed by atoms with E-state index in [9.17, 15) is 0 Å². The second-order valence-electron chi connectivity index (χ2n) is 7.50.